The molecule has 2 heterocycles. The van der Waals surface area contributed by atoms with Gasteiger partial charge in [0, 0.05) is 17.6 Å². The molecule has 26 heavy (non-hydrogen) atoms. The molecule has 0 aliphatic carbocycles. The first-order chi connectivity index (χ1) is 12.5. The van der Waals surface area contributed by atoms with Crippen LogP contribution in [0.15, 0.2) is 54.6 Å². The van der Waals surface area contributed by atoms with Gasteiger partial charge in [0.1, 0.15) is 0 Å². The normalized spacial score (nSPS) is 10.4. The van der Waals surface area contributed by atoms with E-state index in [0.29, 0.717) is 26.4 Å². The van der Waals surface area contributed by atoms with Crippen molar-refractivity contribution < 1.29 is 9.59 Å². The maximum atomic E-state index is 12.5. The van der Waals surface area contributed by atoms with Crippen molar-refractivity contribution in [2.75, 3.05) is 17.7 Å². The number of carbonyl (C=O) groups is 2. The SMILES string of the molecule is CN(Cc1ccc(Cl)s1)C(=O)c1ccc(NC(=O)Nc2ccccc2)s1. The van der Waals surface area contributed by atoms with Crippen molar-refractivity contribution in [1.82, 2.24) is 4.90 Å². The summed E-state index contributed by atoms with van der Waals surface area (Å²) in [6, 6.07) is 16.0. The van der Waals surface area contributed by atoms with Gasteiger partial charge in [-0.25, -0.2) is 4.79 Å². The Morgan fingerprint density at radius 3 is 2.46 bits per heavy atom. The number of carbonyl (C=O) groups excluding carboxylic acids is 2. The summed E-state index contributed by atoms with van der Waals surface area (Å²) in [5.41, 5.74) is 0.701. The number of hydrogen-bond acceptors (Lipinski definition) is 4. The summed E-state index contributed by atoms with van der Waals surface area (Å²) in [4.78, 5) is 27.7. The highest BCUT2D eigenvalue weighted by Crippen LogP contribution is 2.26. The van der Waals surface area contributed by atoms with Crippen LogP contribution in [0.4, 0.5) is 15.5 Å². The van der Waals surface area contributed by atoms with Gasteiger partial charge in [0.2, 0.25) is 0 Å². The van der Waals surface area contributed by atoms with Crippen molar-refractivity contribution >= 4 is 56.9 Å². The summed E-state index contributed by atoms with van der Waals surface area (Å²) in [7, 11) is 1.74. The molecule has 3 amide bonds. The zero-order chi connectivity index (χ0) is 18.5. The zero-order valence-corrected chi connectivity index (χ0v) is 16.3. The topological polar surface area (TPSA) is 61.4 Å². The van der Waals surface area contributed by atoms with Crippen LogP contribution >= 0.6 is 34.3 Å². The van der Waals surface area contributed by atoms with Gasteiger partial charge in [-0.3, -0.25) is 10.1 Å². The third kappa shape index (κ3) is 4.85. The van der Waals surface area contributed by atoms with E-state index in [4.69, 9.17) is 11.6 Å². The van der Waals surface area contributed by atoms with Gasteiger partial charge in [0.25, 0.3) is 5.91 Å². The first-order valence-electron chi connectivity index (χ1n) is 7.74. The fourth-order valence-corrected chi connectivity index (χ4v) is 4.28. The number of urea groups is 1. The molecule has 0 bridgehead atoms. The Morgan fingerprint density at radius 1 is 1.00 bits per heavy atom. The molecule has 0 unspecified atom stereocenters. The summed E-state index contributed by atoms with van der Waals surface area (Å²) in [6.45, 7) is 0.491. The number of nitrogens with one attached hydrogen (secondary N) is 2. The Hall–Kier alpha value is -2.35. The lowest BCUT2D eigenvalue weighted by Crippen LogP contribution is -2.24. The van der Waals surface area contributed by atoms with Gasteiger partial charge in [0.05, 0.1) is 20.8 Å². The van der Waals surface area contributed by atoms with Gasteiger partial charge in [-0.15, -0.1) is 22.7 Å². The van der Waals surface area contributed by atoms with Gasteiger partial charge < -0.3 is 10.2 Å². The minimum absolute atomic E-state index is 0.101. The standard InChI is InChI=1S/C18H16ClN3O2S2/c1-22(11-13-7-9-15(19)25-13)17(23)14-8-10-16(26-14)21-18(24)20-12-5-3-2-4-6-12/h2-10H,11H2,1H3,(H2,20,21,24). The quantitative estimate of drug-likeness (QED) is 0.598. The summed E-state index contributed by atoms with van der Waals surface area (Å²) in [5, 5.41) is 6.08. The molecule has 0 fully saturated rings. The molecule has 5 nitrogen and oxygen atoms in total. The molecular formula is C18H16ClN3O2S2. The molecule has 2 aromatic heterocycles. The molecule has 0 aliphatic rings. The van der Waals surface area contributed by atoms with E-state index < -0.39 is 0 Å². The highest BCUT2D eigenvalue weighted by atomic mass is 35.5. The lowest BCUT2D eigenvalue weighted by molar-refractivity contribution is 0.0791. The molecule has 0 spiro atoms. The minimum Gasteiger partial charge on any atom is -0.336 e. The predicted molar refractivity (Wildman–Crippen MR) is 109 cm³/mol. The lowest BCUT2D eigenvalue weighted by atomic mass is 10.3. The Balaban J connectivity index is 1.58. The van der Waals surface area contributed by atoms with Crippen molar-refractivity contribution in [3.05, 3.63) is 68.7 Å². The lowest BCUT2D eigenvalue weighted by Gasteiger charge is -2.14. The maximum Gasteiger partial charge on any atom is 0.324 e. The number of hydrogen-bond donors (Lipinski definition) is 2. The summed E-state index contributed by atoms with van der Waals surface area (Å²) in [5.74, 6) is -0.101. The van der Waals surface area contributed by atoms with Crippen LogP contribution in [0.25, 0.3) is 0 Å². The Labute approximate surface area is 164 Å². The van der Waals surface area contributed by atoms with Crippen LogP contribution in [0, 0.1) is 0 Å². The average Bonchev–Trinajstić information content (AvgIpc) is 3.24. The van der Waals surface area contributed by atoms with Crippen LogP contribution in [0.1, 0.15) is 14.5 Å². The molecule has 1 aromatic carbocycles. The Bertz CT molecular complexity index is 908. The molecule has 0 atom stereocenters. The fraction of sp³-hybridized carbons (Fsp3) is 0.111. The van der Waals surface area contributed by atoms with E-state index >= 15 is 0 Å². The van der Waals surface area contributed by atoms with E-state index in [2.05, 4.69) is 10.6 Å². The smallest absolute Gasteiger partial charge is 0.324 e. The molecule has 0 saturated carbocycles. The fourth-order valence-electron chi connectivity index (χ4n) is 2.25. The van der Waals surface area contributed by atoms with Crippen molar-refractivity contribution in [1.29, 1.82) is 0 Å². The summed E-state index contributed by atoms with van der Waals surface area (Å²) < 4.78 is 0.702. The van der Waals surface area contributed by atoms with E-state index in [-0.39, 0.29) is 11.9 Å². The number of anilines is 2. The maximum absolute atomic E-state index is 12.5. The second kappa shape index (κ2) is 8.35. The van der Waals surface area contributed by atoms with Gasteiger partial charge in [-0.2, -0.15) is 0 Å². The van der Waals surface area contributed by atoms with Gasteiger partial charge in [-0.1, -0.05) is 29.8 Å². The van der Waals surface area contributed by atoms with Gasteiger partial charge in [-0.05, 0) is 36.4 Å². The molecule has 134 valence electrons. The second-order valence-corrected chi connectivity index (χ2v) is 8.36. The van der Waals surface area contributed by atoms with Crippen LogP contribution in [0.2, 0.25) is 4.34 Å². The highest BCUT2D eigenvalue weighted by molar-refractivity contribution is 7.18. The Morgan fingerprint density at radius 2 is 1.77 bits per heavy atom. The summed E-state index contributed by atoms with van der Waals surface area (Å²) in [6.07, 6.45) is 0. The molecular weight excluding hydrogens is 390 g/mol. The minimum atomic E-state index is -0.348. The monoisotopic (exact) mass is 405 g/mol. The number of halogens is 1. The van der Waals surface area contributed by atoms with E-state index in [0.717, 1.165) is 4.88 Å². The largest absolute Gasteiger partial charge is 0.336 e. The van der Waals surface area contributed by atoms with E-state index in [1.165, 1.54) is 22.7 Å². The summed E-state index contributed by atoms with van der Waals surface area (Å²) >= 11 is 8.61. The molecule has 0 radical (unpaired) electrons. The first-order valence-corrected chi connectivity index (χ1v) is 9.75. The van der Waals surface area contributed by atoms with Crippen LogP contribution in [-0.2, 0) is 6.54 Å². The molecule has 0 saturated heterocycles. The van der Waals surface area contributed by atoms with Crippen molar-refractivity contribution in [2.45, 2.75) is 6.54 Å². The molecule has 3 rings (SSSR count). The molecule has 3 aromatic rings. The highest BCUT2D eigenvalue weighted by Gasteiger charge is 2.16. The van der Waals surface area contributed by atoms with Gasteiger partial charge in [0.15, 0.2) is 0 Å². The van der Waals surface area contributed by atoms with Crippen molar-refractivity contribution in [3.8, 4) is 0 Å². The third-order valence-electron chi connectivity index (χ3n) is 3.45. The third-order valence-corrected chi connectivity index (χ3v) is 5.66. The molecule has 8 heteroatoms. The number of amides is 3. The van der Waals surface area contributed by atoms with Crippen LogP contribution < -0.4 is 10.6 Å². The zero-order valence-electron chi connectivity index (χ0n) is 13.9. The van der Waals surface area contributed by atoms with Crippen LogP contribution in [0.3, 0.4) is 0 Å². The van der Waals surface area contributed by atoms with Crippen LogP contribution in [0.5, 0.6) is 0 Å². The first kappa shape index (κ1) is 18.4. The number of rotatable bonds is 5. The number of para-hydroxylation sites is 1. The van der Waals surface area contributed by atoms with Crippen molar-refractivity contribution in [3.63, 3.8) is 0 Å². The molecule has 0 aliphatic heterocycles. The number of nitrogens with zero attached hydrogens (tertiary/aromatic N) is 1. The van der Waals surface area contributed by atoms with Gasteiger partial charge >= 0.3 is 6.03 Å². The second-order valence-electron chi connectivity index (χ2n) is 5.48. The van der Waals surface area contributed by atoms with E-state index in [1.54, 1.807) is 36.2 Å². The predicted octanol–water partition coefficient (Wildman–Crippen LogP) is 5.38. The number of thiophene rings is 2. The average molecular weight is 406 g/mol. The molecule has 2 N–H and O–H groups in total. The van der Waals surface area contributed by atoms with E-state index in [1.807, 2.05) is 30.3 Å². The van der Waals surface area contributed by atoms with Crippen LogP contribution in [-0.4, -0.2) is 23.9 Å². The Kier molecular flexibility index (Phi) is 5.92. The number of benzene rings is 1. The van der Waals surface area contributed by atoms with E-state index in [9.17, 15) is 9.59 Å². The van der Waals surface area contributed by atoms with Crippen molar-refractivity contribution in [2.24, 2.45) is 0 Å².